The largest absolute Gasteiger partial charge is 0.316 e. The molecule has 1 atom stereocenters. The van der Waals surface area contributed by atoms with Crippen LogP contribution >= 0.6 is 22.6 Å². The monoisotopic (exact) mass is 287 g/mol. The highest BCUT2D eigenvalue weighted by Crippen LogP contribution is 2.24. The Morgan fingerprint density at radius 2 is 2.31 bits per heavy atom. The van der Waals surface area contributed by atoms with Crippen molar-refractivity contribution >= 4 is 22.6 Å². The molecule has 0 aromatic heterocycles. The SMILES string of the molecule is CC1CNCCc2ccc(I)cc21. The summed E-state index contributed by atoms with van der Waals surface area (Å²) >= 11 is 2.39. The van der Waals surface area contributed by atoms with Gasteiger partial charge in [0.1, 0.15) is 0 Å². The Labute approximate surface area is 93.1 Å². The number of halogens is 1. The Hall–Kier alpha value is -0.0900. The molecule has 1 heterocycles. The van der Waals surface area contributed by atoms with Crippen LogP contribution in [0.2, 0.25) is 0 Å². The third kappa shape index (κ3) is 2.05. The van der Waals surface area contributed by atoms with E-state index in [2.05, 4.69) is 53.0 Å². The molecule has 1 N–H and O–H groups in total. The van der Waals surface area contributed by atoms with Crippen LogP contribution < -0.4 is 5.32 Å². The number of nitrogens with one attached hydrogen (secondary N) is 1. The molecule has 2 heteroatoms. The smallest absolute Gasteiger partial charge is 0.0133 e. The molecule has 2 rings (SSSR count). The molecule has 0 saturated carbocycles. The van der Waals surface area contributed by atoms with Gasteiger partial charge >= 0.3 is 0 Å². The fraction of sp³-hybridized carbons (Fsp3) is 0.455. The summed E-state index contributed by atoms with van der Waals surface area (Å²) in [6.07, 6.45) is 1.18. The summed E-state index contributed by atoms with van der Waals surface area (Å²) in [5, 5.41) is 3.46. The van der Waals surface area contributed by atoms with Gasteiger partial charge in [-0.2, -0.15) is 0 Å². The summed E-state index contributed by atoms with van der Waals surface area (Å²) in [6.45, 7) is 4.54. The highest BCUT2D eigenvalue weighted by molar-refractivity contribution is 14.1. The van der Waals surface area contributed by atoms with Crippen LogP contribution in [0.25, 0.3) is 0 Å². The predicted octanol–water partition coefficient (Wildman–Crippen LogP) is 2.54. The third-order valence-corrected chi connectivity index (χ3v) is 3.33. The maximum atomic E-state index is 3.46. The van der Waals surface area contributed by atoms with E-state index in [4.69, 9.17) is 0 Å². The third-order valence-electron chi connectivity index (χ3n) is 2.66. The van der Waals surface area contributed by atoms with Crippen molar-refractivity contribution < 1.29 is 0 Å². The molecule has 0 aliphatic carbocycles. The van der Waals surface area contributed by atoms with Crippen molar-refractivity contribution in [1.29, 1.82) is 0 Å². The van der Waals surface area contributed by atoms with Gasteiger partial charge in [-0.3, -0.25) is 0 Å². The topological polar surface area (TPSA) is 12.0 Å². The zero-order chi connectivity index (χ0) is 9.26. The van der Waals surface area contributed by atoms with E-state index >= 15 is 0 Å². The van der Waals surface area contributed by atoms with E-state index in [-0.39, 0.29) is 0 Å². The fourth-order valence-corrected chi connectivity index (χ4v) is 2.42. The molecule has 0 amide bonds. The first-order chi connectivity index (χ1) is 6.27. The van der Waals surface area contributed by atoms with Crippen LogP contribution in [-0.4, -0.2) is 13.1 Å². The van der Waals surface area contributed by atoms with E-state index in [0.29, 0.717) is 5.92 Å². The number of rotatable bonds is 0. The maximum Gasteiger partial charge on any atom is 0.0133 e. The van der Waals surface area contributed by atoms with E-state index in [9.17, 15) is 0 Å². The van der Waals surface area contributed by atoms with Gasteiger partial charge in [-0.05, 0) is 64.7 Å². The molecule has 13 heavy (non-hydrogen) atoms. The lowest BCUT2D eigenvalue weighted by Crippen LogP contribution is -2.18. The van der Waals surface area contributed by atoms with Gasteiger partial charge in [0.2, 0.25) is 0 Å². The van der Waals surface area contributed by atoms with E-state index in [1.165, 1.54) is 21.1 Å². The van der Waals surface area contributed by atoms with Gasteiger partial charge in [-0.15, -0.1) is 0 Å². The second-order valence-corrected chi connectivity index (χ2v) is 4.94. The van der Waals surface area contributed by atoms with Gasteiger partial charge in [0, 0.05) is 10.1 Å². The minimum atomic E-state index is 0.659. The van der Waals surface area contributed by atoms with Crippen LogP contribution in [0.5, 0.6) is 0 Å². The van der Waals surface area contributed by atoms with Crippen LogP contribution in [0.1, 0.15) is 24.0 Å². The minimum absolute atomic E-state index is 0.659. The van der Waals surface area contributed by atoms with Gasteiger partial charge in [0.25, 0.3) is 0 Å². The first kappa shape index (κ1) is 9.46. The standard InChI is InChI=1S/C11H14IN/c1-8-7-13-5-4-9-2-3-10(12)6-11(8)9/h2-3,6,8,13H,4-5,7H2,1H3. The van der Waals surface area contributed by atoms with E-state index in [0.717, 1.165) is 13.1 Å². The molecule has 0 bridgehead atoms. The molecular weight excluding hydrogens is 273 g/mol. The second kappa shape index (κ2) is 3.96. The van der Waals surface area contributed by atoms with Crippen LogP contribution in [0.15, 0.2) is 18.2 Å². The second-order valence-electron chi connectivity index (χ2n) is 3.70. The summed E-state index contributed by atoms with van der Waals surface area (Å²) in [6, 6.07) is 6.81. The van der Waals surface area contributed by atoms with Crippen molar-refractivity contribution in [3.63, 3.8) is 0 Å². The van der Waals surface area contributed by atoms with Crippen molar-refractivity contribution in [2.24, 2.45) is 0 Å². The lowest BCUT2D eigenvalue weighted by atomic mass is 9.96. The molecule has 1 aliphatic heterocycles. The van der Waals surface area contributed by atoms with E-state index in [1.54, 1.807) is 0 Å². The molecule has 0 radical (unpaired) electrons. The summed E-state index contributed by atoms with van der Waals surface area (Å²) in [5.41, 5.74) is 3.06. The molecule has 1 aliphatic rings. The first-order valence-corrected chi connectivity index (χ1v) is 5.84. The molecule has 1 aromatic carbocycles. The predicted molar refractivity (Wildman–Crippen MR) is 64.1 cm³/mol. The Kier molecular flexibility index (Phi) is 2.89. The number of hydrogen-bond acceptors (Lipinski definition) is 1. The zero-order valence-electron chi connectivity index (χ0n) is 7.81. The first-order valence-electron chi connectivity index (χ1n) is 4.76. The molecule has 1 nitrogen and oxygen atoms in total. The van der Waals surface area contributed by atoms with Gasteiger partial charge in [-0.1, -0.05) is 13.0 Å². The number of benzene rings is 1. The van der Waals surface area contributed by atoms with Crippen molar-refractivity contribution in [2.45, 2.75) is 19.3 Å². The normalized spacial score (nSPS) is 22.2. The van der Waals surface area contributed by atoms with Gasteiger partial charge in [0.15, 0.2) is 0 Å². The van der Waals surface area contributed by atoms with Crippen molar-refractivity contribution in [2.75, 3.05) is 13.1 Å². The van der Waals surface area contributed by atoms with Crippen molar-refractivity contribution in [1.82, 2.24) is 5.32 Å². The summed E-state index contributed by atoms with van der Waals surface area (Å²) < 4.78 is 1.35. The molecule has 0 saturated heterocycles. The molecule has 0 fully saturated rings. The molecule has 1 unspecified atom stereocenters. The molecular formula is C11H14IN. The maximum absolute atomic E-state index is 3.46. The summed E-state index contributed by atoms with van der Waals surface area (Å²) in [4.78, 5) is 0. The molecule has 0 spiro atoms. The number of hydrogen-bond donors (Lipinski definition) is 1. The van der Waals surface area contributed by atoms with Gasteiger partial charge in [-0.25, -0.2) is 0 Å². The molecule has 70 valence electrons. The Morgan fingerprint density at radius 3 is 3.15 bits per heavy atom. The average Bonchev–Trinajstić information content (AvgIpc) is 2.29. The highest BCUT2D eigenvalue weighted by atomic mass is 127. The van der Waals surface area contributed by atoms with E-state index in [1.807, 2.05) is 0 Å². The fourth-order valence-electron chi connectivity index (χ4n) is 1.90. The van der Waals surface area contributed by atoms with Crippen LogP contribution in [-0.2, 0) is 6.42 Å². The Bertz CT molecular complexity index is 309. The van der Waals surface area contributed by atoms with Crippen LogP contribution in [0.4, 0.5) is 0 Å². The summed E-state index contributed by atoms with van der Waals surface area (Å²) in [7, 11) is 0. The van der Waals surface area contributed by atoms with Crippen LogP contribution in [0, 0.1) is 3.57 Å². The lowest BCUT2D eigenvalue weighted by Gasteiger charge is -2.12. The average molecular weight is 287 g/mol. The Balaban J connectivity index is 2.43. The van der Waals surface area contributed by atoms with Gasteiger partial charge in [0.05, 0.1) is 0 Å². The quantitative estimate of drug-likeness (QED) is 0.723. The summed E-state index contributed by atoms with van der Waals surface area (Å²) in [5.74, 6) is 0.659. The van der Waals surface area contributed by atoms with Crippen LogP contribution in [0.3, 0.4) is 0 Å². The van der Waals surface area contributed by atoms with Crippen molar-refractivity contribution in [3.05, 3.63) is 32.9 Å². The zero-order valence-corrected chi connectivity index (χ0v) is 9.97. The minimum Gasteiger partial charge on any atom is -0.316 e. The number of fused-ring (bicyclic) bond motifs is 1. The van der Waals surface area contributed by atoms with E-state index < -0.39 is 0 Å². The molecule has 1 aromatic rings. The highest BCUT2D eigenvalue weighted by Gasteiger charge is 2.13. The lowest BCUT2D eigenvalue weighted by molar-refractivity contribution is 0.644. The Morgan fingerprint density at radius 1 is 1.46 bits per heavy atom. The van der Waals surface area contributed by atoms with Crippen molar-refractivity contribution in [3.8, 4) is 0 Å². The van der Waals surface area contributed by atoms with Gasteiger partial charge < -0.3 is 5.32 Å².